The molecule has 0 spiro atoms. The van der Waals surface area contributed by atoms with Gasteiger partial charge in [-0.3, -0.25) is 4.79 Å². The van der Waals surface area contributed by atoms with Crippen molar-refractivity contribution < 1.29 is 14.6 Å². The van der Waals surface area contributed by atoms with E-state index in [0.29, 0.717) is 21.9 Å². The molecule has 1 aromatic heterocycles. The van der Waals surface area contributed by atoms with E-state index in [1.807, 2.05) is 26.0 Å². The number of aryl methyl sites for hydroxylation is 2. The van der Waals surface area contributed by atoms with Crippen LogP contribution >= 0.6 is 15.9 Å². The summed E-state index contributed by atoms with van der Waals surface area (Å²) in [7, 11) is 1.59. The second-order valence-corrected chi connectivity index (χ2v) is 5.34. The highest BCUT2D eigenvalue weighted by Gasteiger charge is 2.19. The van der Waals surface area contributed by atoms with E-state index in [2.05, 4.69) is 25.9 Å². The van der Waals surface area contributed by atoms with E-state index in [9.17, 15) is 4.79 Å². The Morgan fingerprint density at radius 2 is 2.15 bits per heavy atom. The van der Waals surface area contributed by atoms with Crippen LogP contribution in [0.5, 0.6) is 5.75 Å². The smallest absolute Gasteiger partial charge is 0.309 e. The summed E-state index contributed by atoms with van der Waals surface area (Å²) in [6.45, 7) is 3.94. The van der Waals surface area contributed by atoms with Crippen molar-refractivity contribution in [3.8, 4) is 17.0 Å². The number of aliphatic carboxylic acids is 1. The summed E-state index contributed by atoms with van der Waals surface area (Å²) >= 11 is 3.26. The number of aromatic nitrogens is 2. The first-order valence-electron chi connectivity index (χ1n) is 6.04. The van der Waals surface area contributed by atoms with Crippen molar-refractivity contribution in [2.75, 3.05) is 7.11 Å². The van der Waals surface area contributed by atoms with Crippen LogP contribution in [-0.4, -0.2) is 28.2 Å². The van der Waals surface area contributed by atoms with E-state index in [1.165, 1.54) is 0 Å². The summed E-state index contributed by atoms with van der Waals surface area (Å²) in [5.74, 6) is -0.223. The number of nitrogens with zero attached hydrogens (tertiary/aromatic N) is 1. The molecule has 2 aromatic rings. The lowest BCUT2D eigenvalue weighted by Crippen LogP contribution is -2.03. The minimum Gasteiger partial charge on any atom is -0.496 e. The lowest BCUT2D eigenvalue weighted by Gasteiger charge is -2.12. The fourth-order valence-electron chi connectivity index (χ4n) is 2.26. The van der Waals surface area contributed by atoms with Crippen LogP contribution in [0.2, 0.25) is 0 Å². The van der Waals surface area contributed by atoms with E-state index in [0.717, 1.165) is 16.7 Å². The van der Waals surface area contributed by atoms with Crippen molar-refractivity contribution in [1.29, 1.82) is 0 Å². The van der Waals surface area contributed by atoms with Crippen LogP contribution in [0.25, 0.3) is 11.3 Å². The second kappa shape index (κ2) is 5.66. The lowest BCUT2D eigenvalue weighted by atomic mass is 9.99. The molecule has 6 heteroatoms. The number of hydrogen-bond acceptors (Lipinski definition) is 3. The molecule has 0 aliphatic heterocycles. The van der Waals surface area contributed by atoms with Crippen LogP contribution in [-0.2, 0) is 11.2 Å². The van der Waals surface area contributed by atoms with Crippen molar-refractivity contribution in [1.82, 2.24) is 9.97 Å². The molecular formula is C14H15BrN2O3. The van der Waals surface area contributed by atoms with Gasteiger partial charge in [-0.25, -0.2) is 4.98 Å². The number of halogens is 1. The highest BCUT2D eigenvalue weighted by Crippen LogP contribution is 2.36. The Labute approximate surface area is 125 Å². The van der Waals surface area contributed by atoms with Crippen LogP contribution in [0, 0.1) is 13.8 Å². The number of carbonyl (C=O) groups is 1. The number of aromatic amines is 1. The number of benzene rings is 1. The van der Waals surface area contributed by atoms with Crippen molar-refractivity contribution in [3.05, 3.63) is 33.7 Å². The largest absolute Gasteiger partial charge is 0.496 e. The molecule has 0 bridgehead atoms. The summed E-state index contributed by atoms with van der Waals surface area (Å²) in [5.41, 5.74) is 4.05. The topological polar surface area (TPSA) is 75.2 Å². The Kier molecular flexibility index (Phi) is 4.13. The Balaban J connectivity index is 2.65. The number of ether oxygens (including phenoxy) is 1. The van der Waals surface area contributed by atoms with Crippen molar-refractivity contribution >= 4 is 21.9 Å². The molecule has 0 saturated carbocycles. The third kappa shape index (κ3) is 2.85. The van der Waals surface area contributed by atoms with Gasteiger partial charge in [0.2, 0.25) is 0 Å². The third-order valence-electron chi connectivity index (χ3n) is 2.98. The van der Waals surface area contributed by atoms with Gasteiger partial charge in [0.05, 0.1) is 24.9 Å². The lowest BCUT2D eigenvalue weighted by molar-refractivity contribution is -0.136. The highest BCUT2D eigenvalue weighted by molar-refractivity contribution is 9.10. The van der Waals surface area contributed by atoms with Crippen LogP contribution in [0.4, 0.5) is 0 Å². The summed E-state index contributed by atoms with van der Waals surface area (Å²) in [6, 6.07) is 3.93. The number of carboxylic acids is 1. The molecule has 0 unspecified atom stereocenters. The summed E-state index contributed by atoms with van der Waals surface area (Å²) in [5, 5.41) is 8.99. The first kappa shape index (κ1) is 14.6. The van der Waals surface area contributed by atoms with E-state index in [4.69, 9.17) is 9.84 Å². The predicted octanol–water partition coefficient (Wildman–Crippen LogP) is 3.09. The van der Waals surface area contributed by atoms with Gasteiger partial charge in [0.25, 0.3) is 0 Å². The van der Waals surface area contributed by atoms with Gasteiger partial charge < -0.3 is 14.8 Å². The first-order valence-corrected chi connectivity index (χ1v) is 6.83. The maximum absolute atomic E-state index is 11.0. The number of hydrogen-bond donors (Lipinski definition) is 2. The molecule has 0 fully saturated rings. The van der Waals surface area contributed by atoms with E-state index >= 15 is 0 Å². The van der Waals surface area contributed by atoms with Gasteiger partial charge in [0, 0.05) is 5.56 Å². The number of imidazole rings is 1. The predicted molar refractivity (Wildman–Crippen MR) is 79.1 cm³/mol. The van der Waals surface area contributed by atoms with Crippen molar-refractivity contribution in [2.45, 2.75) is 20.3 Å². The molecule has 0 amide bonds. The number of carboxylic acid groups (broad SMARTS) is 1. The average molecular weight is 339 g/mol. The zero-order chi connectivity index (χ0) is 14.9. The quantitative estimate of drug-likeness (QED) is 0.898. The zero-order valence-electron chi connectivity index (χ0n) is 11.5. The molecule has 106 valence electrons. The summed E-state index contributed by atoms with van der Waals surface area (Å²) < 4.78 is 5.92. The van der Waals surface area contributed by atoms with Crippen LogP contribution in [0.15, 0.2) is 16.9 Å². The van der Waals surface area contributed by atoms with Crippen LogP contribution in [0.1, 0.15) is 16.8 Å². The van der Waals surface area contributed by atoms with E-state index in [1.54, 1.807) is 7.11 Å². The van der Waals surface area contributed by atoms with Crippen LogP contribution < -0.4 is 4.74 Å². The number of methoxy groups -OCH3 is 1. The molecule has 1 aromatic carbocycles. The van der Waals surface area contributed by atoms with Gasteiger partial charge in [-0.05, 0) is 47.0 Å². The van der Waals surface area contributed by atoms with Gasteiger partial charge in [0.15, 0.2) is 4.73 Å². The number of H-pyrrole nitrogens is 1. The molecule has 2 N–H and O–H groups in total. The zero-order valence-corrected chi connectivity index (χ0v) is 13.0. The molecule has 0 aliphatic rings. The molecule has 1 heterocycles. The van der Waals surface area contributed by atoms with Gasteiger partial charge in [-0.2, -0.15) is 0 Å². The third-order valence-corrected chi connectivity index (χ3v) is 3.35. The SMILES string of the molecule is COc1cc(C)cc(C)c1-c1nc(Br)[nH]c1CC(=O)O. The highest BCUT2D eigenvalue weighted by atomic mass is 79.9. The summed E-state index contributed by atoms with van der Waals surface area (Å²) in [4.78, 5) is 18.2. The maximum Gasteiger partial charge on any atom is 0.309 e. The second-order valence-electron chi connectivity index (χ2n) is 4.58. The normalized spacial score (nSPS) is 10.6. The number of nitrogens with one attached hydrogen (secondary N) is 1. The fourth-order valence-corrected chi connectivity index (χ4v) is 2.67. The Morgan fingerprint density at radius 1 is 1.45 bits per heavy atom. The minimum atomic E-state index is -0.911. The molecule has 0 aliphatic carbocycles. The van der Waals surface area contributed by atoms with Gasteiger partial charge in [0.1, 0.15) is 5.75 Å². The maximum atomic E-state index is 11.0. The van der Waals surface area contributed by atoms with Crippen LogP contribution in [0.3, 0.4) is 0 Å². The van der Waals surface area contributed by atoms with Gasteiger partial charge >= 0.3 is 5.97 Å². The molecule has 0 saturated heterocycles. The Hall–Kier alpha value is -1.82. The average Bonchev–Trinajstić information content (AvgIpc) is 2.67. The molecule has 2 rings (SSSR count). The molecular weight excluding hydrogens is 324 g/mol. The van der Waals surface area contributed by atoms with Crippen molar-refractivity contribution in [3.63, 3.8) is 0 Å². The fraction of sp³-hybridized carbons (Fsp3) is 0.286. The molecule has 0 atom stereocenters. The Morgan fingerprint density at radius 3 is 2.75 bits per heavy atom. The van der Waals surface area contributed by atoms with Crippen molar-refractivity contribution in [2.24, 2.45) is 0 Å². The van der Waals surface area contributed by atoms with Gasteiger partial charge in [-0.15, -0.1) is 0 Å². The number of rotatable bonds is 4. The standard InChI is InChI=1S/C14H15BrN2O3/c1-7-4-8(2)12(10(5-7)20-3)13-9(6-11(18)19)16-14(15)17-13/h4-5H,6H2,1-3H3,(H,16,17)(H,18,19). The molecule has 20 heavy (non-hydrogen) atoms. The van der Waals surface area contributed by atoms with E-state index in [-0.39, 0.29) is 6.42 Å². The first-order chi connectivity index (χ1) is 9.42. The molecule has 0 radical (unpaired) electrons. The summed E-state index contributed by atoms with van der Waals surface area (Å²) in [6.07, 6.45) is -0.121. The monoisotopic (exact) mass is 338 g/mol. The minimum absolute atomic E-state index is 0.121. The van der Waals surface area contributed by atoms with Gasteiger partial charge in [-0.1, -0.05) is 6.07 Å². The Bertz CT molecular complexity index is 665. The molecule has 5 nitrogen and oxygen atoms in total. The van der Waals surface area contributed by atoms with E-state index < -0.39 is 5.97 Å².